The van der Waals surface area contributed by atoms with Gasteiger partial charge in [-0.1, -0.05) is 30.3 Å². The van der Waals surface area contributed by atoms with Crippen molar-refractivity contribution < 1.29 is 5.11 Å². The van der Waals surface area contributed by atoms with E-state index in [1.54, 1.807) is 4.57 Å². The van der Waals surface area contributed by atoms with Crippen molar-refractivity contribution in [2.24, 2.45) is 7.05 Å². The van der Waals surface area contributed by atoms with Gasteiger partial charge in [0.1, 0.15) is 5.52 Å². The summed E-state index contributed by atoms with van der Waals surface area (Å²) >= 11 is 0. The second kappa shape index (κ2) is 5.98. The summed E-state index contributed by atoms with van der Waals surface area (Å²) in [5.41, 5.74) is 9.22. The molecule has 0 saturated carbocycles. The number of aliphatic hydroxyl groups excluding tert-OH is 1. The quantitative estimate of drug-likeness (QED) is 0.648. The number of aromatic nitrogens is 4. The van der Waals surface area contributed by atoms with Crippen LogP contribution in [0.2, 0.25) is 0 Å². The molecule has 22 heavy (non-hydrogen) atoms. The molecule has 1 aromatic carbocycles. The lowest BCUT2D eigenvalue weighted by Crippen LogP contribution is -2.11. The fourth-order valence-electron chi connectivity index (χ4n) is 2.29. The van der Waals surface area contributed by atoms with Crippen molar-refractivity contribution in [3.05, 3.63) is 41.6 Å². The minimum atomic E-state index is 0.0168. The highest BCUT2D eigenvalue weighted by Gasteiger charge is 2.15. The first-order chi connectivity index (χ1) is 10.7. The van der Waals surface area contributed by atoms with Crippen molar-refractivity contribution in [3.63, 3.8) is 0 Å². The van der Waals surface area contributed by atoms with Crippen LogP contribution < -0.4 is 11.1 Å². The maximum Gasteiger partial charge on any atom is 0.225 e. The second-order valence-corrected chi connectivity index (χ2v) is 5.01. The van der Waals surface area contributed by atoms with Crippen molar-refractivity contribution in [1.82, 2.24) is 19.5 Å². The van der Waals surface area contributed by atoms with E-state index < -0.39 is 0 Å². The van der Waals surface area contributed by atoms with Gasteiger partial charge in [0.25, 0.3) is 0 Å². The molecule has 0 bridgehead atoms. The van der Waals surface area contributed by atoms with E-state index in [4.69, 9.17) is 10.8 Å². The van der Waals surface area contributed by atoms with Gasteiger partial charge in [-0.2, -0.15) is 4.98 Å². The van der Waals surface area contributed by atoms with Crippen LogP contribution in [0.5, 0.6) is 0 Å². The van der Waals surface area contributed by atoms with E-state index in [2.05, 4.69) is 20.3 Å². The number of rotatable bonds is 5. The fourth-order valence-corrected chi connectivity index (χ4v) is 2.29. The molecule has 0 fully saturated rings. The molecule has 0 spiro atoms. The number of nitrogens with zero attached hydrogens (tertiary/aromatic N) is 4. The number of nitrogens with two attached hydrogens (primary N) is 1. The molecule has 0 atom stereocenters. The number of aryl methyl sites for hydroxylation is 1. The molecule has 0 aliphatic heterocycles. The number of fused-ring (bicyclic) bond motifs is 1. The van der Waals surface area contributed by atoms with Crippen molar-refractivity contribution in [1.29, 1.82) is 0 Å². The van der Waals surface area contributed by atoms with Crippen LogP contribution in [0, 0.1) is 0 Å². The van der Waals surface area contributed by atoms with Gasteiger partial charge in [-0.15, -0.1) is 0 Å². The van der Waals surface area contributed by atoms with Crippen molar-refractivity contribution in [3.8, 4) is 0 Å². The van der Waals surface area contributed by atoms with Crippen LogP contribution in [0.4, 0.5) is 11.9 Å². The number of nitrogen functional groups attached to an aromatic ring is 1. The normalized spacial score (nSPS) is 11.0. The lowest BCUT2D eigenvalue weighted by atomic mass is 10.1. The molecule has 2 aromatic heterocycles. The van der Waals surface area contributed by atoms with Gasteiger partial charge in [0.15, 0.2) is 5.65 Å². The third-order valence-corrected chi connectivity index (χ3v) is 3.43. The summed E-state index contributed by atoms with van der Waals surface area (Å²) in [7, 11) is 1.82. The number of anilines is 2. The zero-order valence-electron chi connectivity index (χ0n) is 12.3. The monoisotopic (exact) mass is 298 g/mol. The number of hydrogen-bond donors (Lipinski definition) is 3. The zero-order valence-corrected chi connectivity index (χ0v) is 12.3. The van der Waals surface area contributed by atoms with E-state index in [0.717, 1.165) is 11.3 Å². The average molecular weight is 298 g/mol. The van der Waals surface area contributed by atoms with Gasteiger partial charge in [-0.05, 0) is 5.56 Å². The Balaban J connectivity index is 2.07. The van der Waals surface area contributed by atoms with E-state index in [1.807, 2.05) is 37.4 Å². The van der Waals surface area contributed by atoms with Crippen LogP contribution in [0.1, 0.15) is 11.3 Å². The van der Waals surface area contributed by atoms with Crippen LogP contribution in [0.3, 0.4) is 0 Å². The van der Waals surface area contributed by atoms with E-state index >= 15 is 0 Å². The van der Waals surface area contributed by atoms with E-state index in [1.165, 1.54) is 0 Å². The molecular formula is C15H18N6O. The smallest absolute Gasteiger partial charge is 0.225 e. The van der Waals surface area contributed by atoms with Gasteiger partial charge in [0, 0.05) is 20.0 Å². The molecule has 0 radical (unpaired) electrons. The number of hydrogen-bond acceptors (Lipinski definition) is 6. The fraction of sp³-hybridized carbons (Fsp3) is 0.267. The molecule has 7 nitrogen and oxygen atoms in total. The van der Waals surface area contributed by atoms with Gasteiger partial charge < -0.3 is 16.2 Å². The van der Waals surface area contributed by atoms with Gasteiger partial charge in [-0.25, -0.2) is 9.97 Å². The number of nitrogens with one attached hydrogen (secondary N) is 1. The summed E-state index contributed by atoms with van der Waals surface area (Å²) in [6.45, 7) is 0.409. The van der Waals surface area contributed by atoms with Crippen LogP contribution >= 0.6 is 0 Å². The number of imidazole rings is 1. The molecule has 114 valence electrons. The first-order valence-corrected chi connectivity index (χ1v) is 7.06. The highest BCUT2D eigenvalue weighted by Crippen LogP contribution is 2.21. The van der Waals surface area contributed by atoms with Crippen molar-refractivity contribution in [2.45, 2.75) is 6.42 Å². The Bertz CT molecular complexity index is 784. The van der Waals surface area contributed by atoms with E-state index in [-0.39, 0.29) is 6.61 Å². The minimum Gasteiger partial charge on any atom is -0.395 e. The molecular weight excluding hydrogens is 280 g/mol. The van der Waals surface area contributed by atoms with Crippen LogP contribution in [0.15, 0.2) is 30.3 Å². The molecule has 0 unspecified atom stereocenters. The lowest BCUT2D eigenvalue weighted by molar-refractivity contribution is 0.311. The van der Waals surface area contributed by atoms with Gasteiger partial charge >= 0.3 is 0 Å². The Morgan fingerprint density at radius 2 is 1.95 bits per heavy atom. The predicted octanol–water partition coefficient (Wildman–Crippen LogP) is 0.940. The molecule has 0 aliphatic rings. The second-order valence-electron chi connectivity index (χ2n) is 5.01. The standard InChI is InChI=1S/C15H18N6O/c1-21-13-12(19-14(21)16)11(9-10-5-3-2-4-6-10)18-15(20-13)17-7-8-22/h2-6,22H,7-9H2,1H3,(H2,16,19)(H,17,18,20). The summed E-state index contributed by atoms with van der Waals surface area (Å²) in [5.74, 6) is 0.869. The zero-order chi connectivity index (χ0) is 15.5. The van der Waals surface area contributed by atoms with E-state index in [9.17, 15) is 0 Å². The topological polar surface area (TPSA) is 102 Å². The molecule has 3 aromatic rings. The average Bonchev–Trinajstić information content (AvgIpc) is 2.82. The molecule has 7 heteroatoms. The van der Waals surface area contributed by atoms with Gasteiger partial charge in [-0.3, -0.25) is 4.57 Å². The van der Waals surface area contributed by atoms with Gasteiger partial charge in [0.05, 0.1) is 12.3 Å². The third-order valence-electron chi connectivity index (χ3n) is 3.43. The van der Waals surface area contributed by atoms with E-state index in [0.29, 0.717) is 36.0 Å². The summed E-state index contributed by atoms with van der Waals surface area (Å²) in [6.07, 6.45) is 0.643. The molecule has 0 saturated heterocycles. The largest absolute Gasteiger partial charge is 0.395 e. The van der Waals surface area contributed by atoms with Crippen LogP contribution in [-0.4, -0.2) is 37.8 Å². The highest BCUT2D eigenvalue weighted by atomic mass is 16.3. The number of aliphatic hydroxyl groups is 1. The van der Waals surface area contributed by atoms with Gasteiger partial charge in [0.2, 0.25) is 11.9 Å². The molecule has 0 amide bonds. The Morgan fingerprint density at radius 1 is 1.18 bits per heavy atom. The summed E-state index contributed by atoms with van der Waals surface area (Å²) < 4.78 is 1.73. The summed E-state index contributed by atoms with van der Waals surface area (Å²) in [4.78, 5) is 13.3. The first kappa shape index (κ1) is 14.3. The maximum absolute atomic E-state index is 8.95. The third kappa shape index (κ3) is 2.71. The Hall–Kier alpha value is -2.67. The Labute approximate surface area is 127 Å². The SMILES string of the molecule is Cn1c(N)nc2c(Cc3ccccc3)nc(NCCO)nc21. The lowest BCUT2D eigenvalue weighted by Gasteiger charge is -2.07. The predicted molar refractivity (Wildman–Crippen MR) is 85.5 cm³/mol. The van der Waals surface area contributed by atoms with Crippen LogP contribution in [-0.2, 0) is 13.5 Å². The first-order valence-electron chi connectivity index (χ1n) is 7.06. The molecule has 4 N–H and O–H groups in total. The molecule has 3 rings (SSSR count). The highest BCUT2D eigenvalue weighted by molar-refractivity contribution is 5.78. The summed E-state index contributed by atoms with van der Waals surface area (Å²) in [5, 5.41) is 11.9. The summed E-state index contributed by atoms with van der Waals surface area (Å²) in [6, 6.07) is 10.0. The molecule has 2 heterocycles. The van der Waals surface area contributed by atoms with Crippen molar-refractivity contribution >= 4 is 23.1 Å². The van der Waals surface area contributed by atoms with Crippen LogP contribution in [0.25, 0.3) is 11.2 Å². The Kier molecular flexibility index (Phi) is 3.88. The Morgan fingerprint density at radius 3 is 2.68 bits per heavy atom. The maximum atomic E-state index is 8.95. The number of benzene rings is 1. The minimum absolute atomic E-state index is 0.0168. The van der Waals surface area contributed by atoms with Crippen molar-refractivity contribution in [2.75, 3.05) is 24.2 Å². The molecule has 0 aliphatic carbocycles.